The van der Waals surface area contributed by atoms with Crippen LogP contribution in [0.4, 0.5) is 33.9 Å². The summed E-state index contributed by atoms with van der Waals surface area (Å²) in [5.41, 5.74) is 4.39. The Bertz CT molecular complexity index is 1840. The predicted octanol–water partition coefficient (Wildman–Crippen LogP) is 8.98. The summed E-state index contributed by atoms with van der Waals surface area (Å²) >= 11 is 0. The first-order valence-corrected chi connectivity index (χ1v) is 16.8. The molecular formula is C38H41F4N5O3. The highest BCUT2D eigenvalue weighted by Gasteiger charge is 2.45. The van der Waals surface area contributed by atoms with Crippen molar-refractivity contribution in [3.63, 3.8) is 0 Å². The SMILES string of the molecule is Cc1ccc(-n2nc(C(C)(C)C)cc2NC(=O)Nc2cccc(CC3CC4CCC(C3)N4C(=O)c3cccc(OC(F)(F)C(F)F)c3)c2)cc1. The van der Waals surface area contributed by atoms with Crippen LogP contribution in [0.25, 0.3) is 5.69 Å². The summed E-state index contributed by atoms with van der Waals surface area (Å²) in [6.07, 6.45) is -4.72. The molecule has 4 aromatic rings. The summed E-state index contributed by atoms with van der Waals surface area (Å²) in [4.78, 5) is 28.6. The van der Waals surface area contributed by atoms with E-state index in [1.165, 1.54) is 12.1 Å². The molecule has 0 aliphatic carbocycles. The Morgan fingerprint density at radius 2 is 1.60 bits per heavy atom. The number of urea groups is 1. The number of hydrogen-bond donors (Lipinski definition) is 2. The van der Waals surface area contributed by atoms with E-state index in [1.54, 1.807) is 4.68 Å². The molecule has 3 amide bonds. The predicted molar refractivity (Wildman–Crippen MR) is 184 cm³/mol. The number of carbonyl (C=O) groups excluding carboxylic acids is 2. The van der Waals surface area contributed by atoms with E-state index >= 15 is 0 Å². The molecule has 2 fully saturated rings. The molecule has 12 heteroatoms. The smallest absolute Gasteiger partial charge is 0.428 e. The van der Waals surface area contributed by atoms with E-state index in [1.807, 2.05) is 66.4 Å². The molecule has 50 heavy (non-hydrogen) atoms. The monoisotopic (exact) mass is 691 g/mol. The first-order chi connectivity index (χ1) is 23.7. The molecule has 6 rings (SSSR count). The molecule has 0 spiro atoms. The Morgan fingerprint density at radius 1 is 0.920 bits per heavy atom. The third-order valence-corrected chi connectivity index (χ3v) is 9.36. The first kappa shape index (κ1) is 35.0. The maximum Gasteiger partial charge on any atom is 0.461 e. The second-order valence-electron chi connectivity index (χ2n) is 14.3. The quantitative estimate of drug-likeness (QED) is 0.172. The molecule has 2 saturated heterocycles. The van der Waals surface area contributed by atoms with Crippen molar-refractivity contribution in [2.24, 2.45) is 5.92 Å². The molecule has 264 valence electrons. The number of aryl methyl sites for hydroxylation is 1. The number of anilines is 2. The van der Waals surface area contributed by atoms with Gasteiger partial charge in [0.1, 0.15) is 11.6 Å². The second-order valence-corrected chi connectivity index (χ2v) is 14.3. The Morgan fingerprint density at radius 3 is 2.26 bits per heavy atom. The first-order valence-electron chi connectivity index (χ1n) is 16.8. The normalized spacial score (nSPS) is 19.1. The van der Waals surface area contributed by atoms with Crippen LogP contribution in [0.3, 0.4) is 0 Å². The minimum Gasteiger partial charge on any atom is -0.428 e. The highest BCUT2D eigenvalue weighted by molar-refractivity contribution is 5.99. The van der Waals surface area contributed by atoms with Crippen LogP contribution in [0.2, 0.25) is 0 Å². The van der Waals surface area contributed by atoms with Gasteiger partial charge in [-0.1, -0.05) is 56.7 Å². The third kappa shape index (κ3) is 7.79. The highest BCUT2D eigenvalue weighted by atomic mass is 19.3. The van der Waals surface area contributed by atoms with Crippen LogP contribution >= 0.6 is 0 Å². The Balaban J connectivity index is 1.09. The summed E-state index contributed by atoms with van der Waals surface area (Å²) in [5, 5.41) is 10.7. The Hall–Kier alpha value is -4.87. The van der Waals surface area contributed by atoms with Gasteiger partial charge in [0.2, 0.25) is 0 Å². The fraction of sp³-hybridized carbons (Fsp3) is 0.395. The maximum absolute atomic E-state index is 13.5. The van der Waals surface area contributed by atoms with Gasteiger partial charge in [-0.2, -0.15) is 22.7 Å². The Labute approximate surface area is 288 Å². The van der Waals surface area contributed by atoms with Crippen LogP contribution < -0.4 is 15.4 Å². The summed E-state index contributed by atoms with van der Waals surface area (Å²) in [6.45, 7) is 8.22. The van der Waals surface area contributed by atoms with E-state index in [0.29, 0.717) is 17.4 Å². The summed E-state index contributed by atoms with van der Waals surface area (Å²) in [5.74, 6) is 0.0312. The molecule has 3 heterocycles. The molecule has 2 atom stereocenters. The van der Waals surface area contributed by atoms with Crippen molar-refractivity contribution < 1.29 is 31.9 Å². The van der Waals surface area contributed by atoms with Crippen molar-refractivity contribution in [2.75, 3.05) is 10.6 Å². The second kappa shape index (κ2) is 13.8. The molecule has 0 saturated carbocycles. The number of amides is 3. The zero-order valence-electron chi connectivity index (χ0n) is 28.4. The molecule has 2 bridgehead atoms. The standard InChI is InChI=1S/C38H41F4N5O3/c1-23-11-13-28(14-12-23)47-33(22-32(45-47)37(2,3)4)44-36(49)43-27-9-5-7-24(18-27)17-25-19-29-15-16-30(20-25)46(29)34(48)26-8-6-10-31(21-26)50-38(41,42)35(39)40/h5-14,18,21-22,25,29-30,35H,15-17,19-20H2,1-4H3,(H2,43,44,49). The lowest BCUT2D eigenvalue weighted by Gasteiger charge is -2.39. The van der Waals surface area contributed by atoms with Crippen molar-refractivity contribution in [3.8, 4) is 11.4 Å². The lowest BCUT2D eigenvalue weighted by molar-refractivity contribution is -0.253. The number of nitrogens with zero attached hydrogens (tertiary/aromatic N) is 3. The van der Waals surface area contributed by atoms with Gasteiger partial charge in [0, 0.05) is 34.8 Å². The molecule has 2 aliphatic heterocycles. The van der Waals surface area contributed by atoms with Crippen LogP contribution in [0.5, 0.6) is 5.75 Å². The number of carbonyl (C=O) groups is 2. The van der Waals surface area contributed by atoms with Crippen molar-refractivity contribution >= 4 is 23.4 Å². The van der Waals surface area contributed by atoms with Gasteiger partial charge >= 0.3 is 18.6 Å². The van der Waals surface area contributed by atoms with Gasteiger partial charge < -0.3 is 15.0 Å². The molecule has 8 nitrogen and oxygen atoms in total. The number of aromatic nitrogens is 2. The van der Waals surface area contributed by atoms with Gasteiger partial charge in [0.15, 0.2) is 0 Å². The topological polar surface area (TPSA) is 88.5 Å². The van der Waals surface area contributed by atoms with Crippen LogP contribution in [0, 0.1) is 12.8 Å². The largest absolute Gasteiger partial charge is 0.461 e. The van der Waals surface area contributed by atoms with E-state index in [9.17, 15) is 27.2 Å². The molecule has 2 aliphatic rings. The van der Waals surface area contributed by atoms with Gasteiger partial charge in [-0.05, 0) is 93.0 Å². The van der Waals surface area contributed by atoms with E-state index in [-0.39, 0.29) is 29.0 Å². The van der Waals surface area contributed by atoms with Gasteiger partial charge in [-0.3, -0.25) is 10.1 Å². The molecule has 1 aromatic heterocycles. The average molecular weight is 692 g/mol. The number of alkyl halides is 4. The number of rotatable bonds is 9. The lowest BCUT2D eigenvalue weighted by atomic mass is 9.85. The Kier molecular flexibility index (Phi) is 9.65. The van der Waals surface area contributed by atoms with Crippen LogP contribution in [0.15, 0.2) is 78.9 Å². The summed E-state index contributed by atoms with van der Waals surface area (Å²) in [7, 11) is 0. The minimum atomic E-state index is -4.66. The van der Waals surface area contributed by atoms with Gasteiger partial charge in [-0.25, -0.2) is 9.48 Å². The third-order valence-electron chi connectivity index (χ3n) is 9.36. The number of fused-ring (bicyclic) bond motifs is 2. The molecule has 3 aromatic carbocycles. The number of halogens is 4. The van der Waals surface area contributed by atoms with Crippen molar-refractivity contribution in [2.45, 2.75) is 89.8 Å². The summed E-state index contributed by atoms with van der Waals surface area (Å²) < 4.78 is 58.2. The van der Waals surface area contributed by atoms with Crippen LogP contribution in [-0.4, -0.2) is 51.2 Å². The molecular weight excluding hydrogens is 650 g/mol. The van der Waals surface area contributed by atoms with Crippen molar-refractivity contribution in [3.05, 3.63) is 101 Å². The van der Waals surface area contributed by atoms with E-state index in [0.717, 1.165) is 66.7 Å². The average Bonchev–Trinajstić information content (AvgIpc) is 3.59. The number of hydrogen-bond acceptors (Lipinski definition) is 4. The van der Waals surface area contributed by atoms with Gasteiger partial charge in [0.05, 0.1) is 11.4 Å². The van der Waals surface area contributed by atoms with E-state index < -0.39 is 24.3 Å². The summed E-state index contributed by atoms with van der Waals surface area (Å²) in [6, 6.07) is 22.1. The fourth-order valence-corrected chi connectivity index (χ4v) is 6.94. The van der Waals surface area contributed by atoms with Crippen LogP contribution in [0.1, 0.15) is 73.6 Å². The zero-order valence-corrected chi connectivity index (χ0v) is 28.4. The number of piperidine rings is 1. The van der Waals surface area contributed by atoms with E-state index in [4.69, 9.17) is 5.10 Å². The maximum atomic E-state index is 13.5. The fourth-order valence-electron chi connectivity index (χ4n) is 6.94. The van der Waals surface area contributed by atoms with Gasteiger partial charge in [0.25, 0.3) is 5.91 Å². The van der Waals surface area contributed by atoms with Gasteiger partial charge in [-0.15, -0.1) is 0 Å². The zero-order chi connectivity index (χ0) is 35.8. The van der Waals surface area contributed by atoms with Crippen LogP contribution in [-0.2, 0) is 11.8 Å². The molecule has 2 N–H and O–H groups in total. The lowest BCUT2D eigenvalue weighted by Crippen LogP contribution is -2.46. The molecule has 0 radical (unpaired) electrons. The minimum absolute atomic E-state index is 0.0261. The number of ether oxygens (including phenoxy) is 1. The number of nitrogens with one attached hydrogen (secondary N) is 2. The molecule has 2 unspecified atom stereocenters. The van der Waals surface area contributed by atoms with E-state index in [2.05, 4.69) is 36.1 Å². The van der Waals surface area contributed by atoms with Crippen molar-refractivity contribution in [1.29, 1.82) is 0 Å². The van der Waals surface area contributed by atoms with Crippen molar-refractivity contribution in [1.82, 2.24) is 14.7 Å². The highest BCUT2D eigenvalue weighted by Crippen LogP contribution is 2.41. The number of benzene rings is 3.